The van der Waals surface area contributed by atoms with Gasteiger partial charge in [0.2, 0.25) is 5.91 Å². The van der Waals surface area contributed by atoms with Gasteiger partial charge in [-0.05, 0) is 32.4 Å². The van der Waals surface area contributed by atoms with Crippen molar-refractivity contribution in [3.05, 3.63) is 18.5 Å². The fourth-order valence-corrected chi connectivity index (χ4v) is 1.93. The monoisotopic (exact) mass is 294 g/mol. The largest absolute Gasteiger partial charge is 0.350 e. The highest BCUT2D eigenvalue weighted by molar-refractivity contribution is 5.85. The fraction of sp³-hybridized carbons (Fsp3) is 0.636. The van der Waals surface area contributed by atoms with Crippen LogP contribution in [0.4, 0.5) is 0 Å². The van der Waals surface area contributed by atoms with Crippen LogP contribution in [0.15, 0.2) is 18.5 Å². The lowest BCUT2D eigenvalue weighted by Gasteiger charge is -2.25. The number of amides is 1. The third-order valence-electron chi connectivity index (χ3n) is 2.94. The van der Waals surface area contributed by atoms with E-state index in [1.165, 1.54) is 0 Å². The summed E-state index contributed by atoms with van der Waals surface area (Å²) in [7, 11) is 0. The zero-order valence-corrected chi connectivity index (χ0v) is 12.0. The zero-order valence-electron chi connectivity index (χ0n) is 10.3. The molecule has 1 amide bonds. The number of carbonyl (C=O) groups is 1. The summed E-state index contributed by atoms with van der Waals surface area (Å²) in [5.74, 6) is 0.0393. The average molecular weight is 295 g/mol. The predicted octanol–water partition coefficient (Wildman–Crippen LogP) is 1.16. The SMILES string of the molecule is CC(C(=O)NC1CCCNC1)n1cccn1.Cl.Cl. The van der Waals surface area contributed by atoms with Crippen molar-refractivity contribution in [2.24, 2.45) is 0 Å². The summed E-state index contributed by atoms with van der Waals surface area (Å²) < 4.78 is 1.67. The van der Waals surface area contributed by atoms with E-state index < -0.39 is 0 Å². The van der Waals surface area contributed by atoms with Crippen molar-refractivity contribution in [2.75, 3.05) is 13.1 Å². The Morgan fingerprint density at radius 1 is 1.56 bits per heavy atom. The van der Waals surface area contributed by atoms with E-state index in [0.717, 1.165) is 25.9 Å². The molecule has 1 aliphatic rings. The minimum absolute atomic E-state index is 0. The van der Waals surface area contributed by atoms with Crippen molar-refractivity contribution in [3.8, 4) is 0 Å². The Labute approximate surface area is 120 Å². The smallest absolute Gasteiger partial charge is 0.244 e. The van der Waals surface area contributed by atoms with Crippen LogP contribution >= 0.6 is 24.8 Å². The molecule has 1 aromatic rings. The first-order valence-electron chi connectivity index (χ1n) is 5.77. The van der Waals surface area contributed by atoms with E-state index >= 15 is 0 Å². The number of hydrogen-bond donors (Lipinski definition) is 2. The van der Waals surface area contributed by atoms with E-state index in [2.05, 4.69) is 15.7 Å². The molecule has 1 fully saturated rings. The highest BCUT2D eigenvalue weighted by atomic mass is 35.5. The van der Waals surface area contributed by atoms with Crippen LogP contribution in [-0.4, -0.2) is 34.8 Å². The molecule has 2 N–H and O–H groups in total. The van der Waals surface area contributed by atoms with E-state index in [0.29, 0.717) is 0 Å². The second kappa shape index (κ2) is 8.34. The number of hydrogen-bond acceptors (Lipinski definition) is 3. The Bertz CT molecular complexity index is 339. The molecule has 0 bridgehead atoms. The molecular weight excluding hydrogens is 275 g/mol. The average Bonchev–Trinajstić information content (AvgIpc) is 2.83. The number of piperidine rings is 1. The Morgan fingerprint density at radius 2 is 2.33 bits per heavy atom. The molecule has 1 aliphatic heterocycles. The molecule has 2 unspecified atom stereocenters. The van der Waals surface area contributed by atoms with Crippen LogP contribution in [0.1, 0.15) is 25.8 Å². The molecule has 0 aromatic carbocycles. The first kappa shape index (κ1) is 17.2. The van der Waals surface area contributed by atoms with Gasteiger partial charge in [0, 0.05) is 25.0 Å². The third kappa shape index (κ3) is 4.48. The molecule has 0 spiro atoms. The Hall–Kier alpha value is -0.780. The molecule has 1 aromatic heterocycles. The Kier molecular flexibility index (Phi) is 7.98. The van der Waals surface area contributed by atoms with E-state index in [9.17, 15) is 4.79 Å². The molecule has 2 atom stereocenters. The van der Waals surface area contributed by atoms with Crippen molar-refractivity contribution in [3.63, 3.8) is 0 Å². The van der Waals surface area contributed by atoms with Crippen LogP contribution in [0.25, 0.3) is 0 Å². The highest BCUT2D eigenvalue weighted by Crippen LogP contribution is 2.06. The van der Waals surface area contributed by atoms with Crippen LogP contribution in [0, 0.1) is 0 Å². The lowest BCUT2D eigenvalue weighted by atomic mass is 10.1. The minimum Gasteiger partial charge on any atom is -0.350 e. The highest BCUT2D eigenvalue weighted by Gasteiger charge is 2.20. The molecule has 5 nitrogen and oxygen atoms in total. The molecule has 1 saturated heterocycles. The fourth-order valence-electron chi connectivity index (χ4n) is 1.93. The van der Waals surface area contributed by atoms with Gasteiger partial charge in [-0.2, -0.15) is 5.10 Å². The van der Waals surface area contributed by atoms with Gasteiger partial charge in [-0.25, -0.2) is 0 Å². The van der Waals surface area contributed by atoms with Crippen molar-refractivity contribution < 1.29 is 4.79 Å². The summed E-state index contributed by atoms with van der Waals surface area (Å²) in [4.78, 5) is 11.9. The van der Waals surface area contributed by atoms with Gasteiger partial charge in [0.1, 0.15) is 6.04 Å². The number of nitrogens with one attached hydrogen (secondary N) is 2. The van der Waals surface area contributed by atoms with Crippen LogP contribution in [-0.2, 0) is 4.79 Å². The predicted molar refractivity (Wildman–Crippen MR) is 75.5 cm³/mol. The van der Waals surface area contributed by atoms with Gasteiger partial charge < -0.3 is 10.6 Å². The second-order valence-electron chi connectivity index (χ2n) is 4.21. The van der Waals surface area contributed by atoms with Crippen LogP contribution in [0.2, 0.25) is 0 Å². The minimum atomic E-state index is -0.239. The summed E-state index contributed by atoms with van der Waals surface area (Å²) >= 11 is 0. The van der Waals surface area contributed by atoms with E-state index in [1.54, 1.807) is 10.9 Å². The quantitative estimate of drug-likeness (QED) is 0.879. The Balaban J connectivity index is 0.00000144. The number of halogens is 2. The lowest BCUT2D eigenvalue weighted by molar-refractivity contribution is -0.125. The van der Waals surface area contributed by atoms with Crippen LogP contribution < -0.4 is 10.6 Å². The summed E-state index contributed by atoms with van der Waals surface area (Å²) in [5, 5.41) is 10.4. The first-order valence-corrected chi connectivity index (χ1v) is 5.77. The third-order valence-corrected chi connectivity index (χ3v) is 2.94. The van der Waals surface area contributed by atoms with Gasteiger partial charge in [0.05, 0.1) is 0 Å². The topological polar surface area (TPSA) is 59.0 Å². The molecule has 0 aliphatic carbocycles. The molecule has 104 valence electrons. The first-order chi connectivity index (χ1) is 7.77. The lowest BCUT2D eigenvalue weighted by Crippen LogP contribution is -2.47. The zero-order chi connectivity index (χ0) is 11.4. The van der Waals surface area contributed by atoms with E-state index in [-0.39, 0.29) is 42.8 Å². The molecule has 0 radical (unpaired) electrons. The van der Waals surface area contributed by atoms with Crippen LogP contribution in [0.3, 0.4) is 0 Å². The Morgan fingerprint density at radius 3 is 2.89 bits per heavy atom. The van der Waals surface area contributed by atoms with Crippen molar-refractivity contribution in [1.82, 2.24) is 20.4 Å². The number of nitrogens with zero attached hydrogens (tertiary/aromatic N) is 2. The summed E-state index contributed by atoms with van der Waals surface area (Å²) in [6.45, 7) is 3.79. The number of rotatable bonds is 3. The normalized spacial score (nSPS) is 20.2. The maximum atomic E-state index is 11.9. The van der Waals surface area contributed by atoms with Gasteiger partial charge >= 0.3 is 0 Å². The van der Waals surface area contributed by atoms with Gasteiger partial charge in [0.25, 0.3) is 0 Å². The molecule has 2 rings (SSSR count). The molecule has 7 heteroatoms. The molecule has 2 heterocycles. The van der Waals surface area contributed by atoms with Crippen molar-refractivity contribution >= 4 is 30.7 Å². The summed E-state index contributed by atoms with van der Waals surface area (Å²) in [6, 6.07) is 1.85. The number of aromatic nitrogens is 2. The maximum Gasteiger partial charge on any atom is 0.244 e. The van der Waals surface area contributed by atoms with Crippen LogP contribution in [0.5, 0.6) is 0 Å². The van der Waals surface area contributed by atoms with Crippen molar-refractivity contribution in [2.45, 2.75) is 31.8 Å². The van der Waals surface area contributed by atoms with Gasteiger partial charge in [0.15, 0.2) is 0 Å². The second-order valence-corrected chi connectivity index (χ2v) is 4.21. The summed E-state index contributed by atoms with van der Waals surface area (Å²) in [5.41, 5.74) is 0. The standard InChI is InChI=1S/C11H18N4O.2ClH/c1-9(15-7-3-6-13-15)11(16)14-10-4-2-5-12-8-10;;/h3,6-7,9-10,12H,2,4-5,8H2,1H3,(H,14,16);2*1H. The van der Waals surface area contributed by atoms with Gasteiger partial charge in [-0.3, -0.25) is 9.48 Å². The maximum absolute atomic E-state index is 11.9. The summed E-state index contributed by atoms with van der Waals surface area (Å²) in [6.07, 6.45) is 5.68. The van der Waals surface area contributed by atoms with Gasteiger partial charge in [-0.1, -0.05) is 0 Å². The molecular formula is C11H20Cl2N4O. The van der Waals surface area contributed by atoms with Gasteiger partial charge in [-0.15, -0.1) is 24.8 Å². The van der Waals surface area contributed by atoms with Crippen molar-refractivity contribution in [1.29, 1.82) is 0 Å². The van der Waals surface area contributed by atoms with E-state index in [1.807, 2.05) is 19.2 Å². The molecule has 0 saturated carbocycles. The van der Waals surface area contributed by atoms with E-state index in [4.69, 9.17) is 0 Å². The number of carbonyl (C=O) groups excluding carboxylic acids is 1. The molecule has 18 heavy (non-hydrogen) atoms.